The molecule has 2 aromatic heterocycles. The van der Waals surface area contributed by atoms with Gasteiger partial charge in [0.25, 0.3) is 0 Å². The third-order valence-electron chi connectivity index (χ3n) is 6.35. The van der Waals surface area contributed by atoms with E-state index in [9.17, 15) is 18.7 Å². The average molecular weight is 426 g/mol. The molecular weight excluding hydrogens is 402 g/mol. The number of aromatic nitrogens is 3. The standard InChI is InChI=1S/C23H24F2N4O2/c1-5-16(23(4)10-29(11-23)19(30)6-2)20-12(3)14-9-18(27-28-22(14)26-20)15-7-13(24)8-17(25)21(15)31/h6-9,16,31H,2,5,10-11H2,1,3-4H3,(H,26,28). The zero-order valence-electron chi connectivity index (χ0n) is 17.7. The number of phenolic OH excluding ortho intramolecular Hbond substituents is 1. The minimum absolute atomic E-state index is 0.0503. The van der Waals surface area contributed by atoms with Gasteiger partial charge in [-0.15, -0.1) is 10.2 Å². The molecular formula is C23H24F2N4O2. The summed E-state index contributed by atoms with van der Waals surface area (Å²) in [5.74, 6) is -2.44. The number of benzene rings is 1. The molecule has 8 heteroatoms. The van der Waals surface area contributed by atoms with Gasteiger partial charge in [-0.3, -0.25) is 4.79 Å². The molecule has 0 aliphatic carbocycles. The first-order valence-electron chi connectivity index (χ1n) is 10.1. The van der Waals surface area contributed by atoms with Crippen LogP contribution in [0.5, 0.6) is 5.75 Å². The number of nitrogens with one attached hydrogen (secondary N) is 1. The number of likely N-dealkylation sites (tertiary alicyclic amines) is 1. The zero-order chi connectivity index (χ0) is 22.5. The van der Waals surface area contributed by atoms with Crippen molar-refractivity contribution < 1.29 is 18.7 Å². The van der Waals surface area contributed by atoms with Crippen LogP contribution in [-0.4, -0.2) is 44.2 Å². The summed E-state index contributed by atoms with van der Waals surface area (Å²) in [7, 11) is 0. The molecule has 1 fully saturated rings. The fraction of sp³-hybridized carbons (Fsp3) is 0.348. The van der Waals surface area contributed by atoms with E-state index < -0.39 is 17.4 Å². The lowest BCUT2D eigenvalue weighted by molar-refractivity contribution is -0.138. The molecule has 1 aromatic carbocycles. The van der Waals surface area contributed by atoms with Crippen LogP contribution in [-0.2, 0) is 4.79 Å². The van der Waals surface area contributed by atoms with Crippen molar-refractivity contribution in [2.45, 2.75) is 33.1 Å². The van der Waals surface area contributed by atoms with Crippen molar-refractivity contribution in [1.29, 1.82) is 0 Å². The van der Waals surface area contributed by atoms with Crippen LogP contribution in [0.2, 0.25) is 0 Å². The number of aromatic hydroxyl groups is 1. The van der Waals surface area contributed by atoms with Crippen molar-refractivity contribution in [2.75, 3.05) is 13.1 Å². The highest BCUT2D eigenvalue weighted by Gasteiger charge is 2.47. The van der Waals surface area contributed by atoms with Gasteiger partial charge >= 0.3 is 0 Å². The predicted octanol–water partition coefficient (Wildman–Crippen LogP) is 4.45. The van der Waals surface area contributed by atoms with Gasteiger partial charge < -0.3 is 15.0 Å². The third-order valence-corrected chi connectivity index (χ3v) is 6.35. The number of nitrogens with zero attached hydrogens (tertiary/aromatic N) is 3. The fourth-order valence-electron chi connectivity index (χ4n) is 4.75. The molecule has 0 saturated carbocycles. The molecule has 1 atom stereocenters. The molecule has 0 radical (unpaired) electrons. The Morgan fingerprint density at radius 3 is 2.71 bits per heavy atom. The second kappa shape index (κ2) is 7.44. The van der Waals surface area contributed by atoms with Gasteiger partial charge in [-0.05, 0) is 37.1 Å². The van der Waals surface area contributed by atoms with Crippen LogP contribution < -0.4 is 0 Å². The first-order chi connectivity index (χ1) is 14.7. The predicted molar refractivity (Wildman–Crippen MR) is 114 cm³/mol. The monoisotopic (exact) mass is 426 g/mol. The normalized spacial score (nSPS) is 16.2. The van der Waals surface area contributed by atoms with Crippen molar-refractivity contribution in [2.24, 2.45) is 5.41 Å². The van der Waals surface area contributed by atoms with Gasteiger partial charge in [0.2, 0.25) is 5.91 Å². The van der Waals surface area contributed by atoms with Crippen LogP contribution in [0.4, 0.5) is 8.78 Å². The summed E-state index contributed by atoms with van der Waals surface area (Å²) in [5, 5.41) is 19.1. The van der Waals surface area contributed by atoms with Crippen molar-refractivity contribution in [3.05, 3.63) is 53.7 Å². The summed E-state index contributed by atoms with van der Waals surface area (Å²) < 4.78 is 27.5. The van der Waals surface area contributed by atoms with E-state index in [1.807, 2.05) is 6.92 Å². The van der Waals surface area contributed by atoms with Crippen molar-refractivity contribution >= 4 is 16.9 Å². The summed E-state index contributed by atoms with van der Waals surface area (Å²) >= 11 is 0. The number of carbonyl (C=O) groups excluding carboxylic acids is 1. The molecule has 6 nitrogen and oxygen atoms in total. The Hall–Kier alpha value is -3.29. The van der Waals surface area contributed by atoms with E-state index in [-0.39, 0.29) is 28.5 Å². The Kier molecular flexibility index (Phi) is 5.03. The smallest absolute Gasteiger partial charge is 0.245 e. The number of fused-ring (bicyclic) bond motifs is 1. The number of hydrogen-bond donors (Lipinski definition) is 2. The number of carbonyl (C=O) groups is 1. The minimum Gasteiger partial charge on any atom is -0.504 e. The first kappa shape index (κ1) is 21.0. The molecule has 0 spiro atoms. The Bertz CT molecular complexity index is 1200. The summed E-state index contributed by atoms with van der Waals surface area (Å²) in [6.07, 6.45) is 2.19. The van der Waals surface area contributed by atoms with Crippen molar-refractivity contribution in [3.63, 3.8) is 0 Å². The van der Waals surface area contributed by atoms with Crippen LogP contribution in [0.1, 0.15) is 37.4 Å². The number of rotatable bonds is 5. The number of H-pyrrole nitrogens is 1. The quantitative estimate of drug-likeness (QED) is 0.591. The van der Waals surface area contributed by atoms with E-state index in [1.165, 1.54) is 6.08 Å². The van der Waals surface area contributed by atoms with Crippen LogP contribution >= 0.6 is 0 Å². The fourth-order valence-corrected chi connectivity index (χ4v) is 4.75. The minimum atomic E-state index is -1.05. The van der Waals surface area contributed by atoms with E-state index in [4.69, 9.17) is 0 Å². The first-order valence-corrected chi connectivity index (χ1v) is 10.1. The maximum absolute atomic E-state index is 13.8. The number of aryl methyl sites for hydroxylation is 1. The molecule has 0 bridgehead atoms. The highest BCUT2D eigenvalue weighted by Crippen LogP contribution is 2.47. The Labute approximate surface area is 178 Å². The SMILES string of the molecule is C=CC(=O)N1CC(C)(C(CC)c2[nH]c3nnc(-c4cc(F)cc(F)c4O)cc3c2C)C1. The molecule has 1 saturated heterocycles. The third kappa shape index (κ3) is 3.36. The largest absolute Gasteiger partial charge is 0.504 e. The van der Waals surface area contributed by atoms with E-state index in [0.29, 0.717) is 24.8 Å². The Balaban J connectivity index is 1.73. The number of halogens is 2. The number of hydrogen-bond acceptors (Lipinski definition) is 4. The van der Waals surface area contributed by atoms with E-state index >= 15 is 0 Å². The van der Waals surface area contributed by atoms with Gasteiger partial charge in [-0.2, -0.15) is 0 Å². The van der Waals surface area contributed by atoms with E-state index in [0.717, 1.165) is 29.1 Å². The van der Waals surface area contributed by atoms with Gasteiger partial charge in [0.05, 0.1) is 5.69 Å². The molecule has 1 aliphatic rings. The summed E-state index contributed by atoms with van der Waals surface area (Å²) in [5.41, 5.74) is 2.57. The van der Waals surface area contributed by atoms with Gasteiger partial charge in [-0.1, -0.05) is 20.4 Å². The number of aromatic amines is 1. The summed E-state index contributed by atoms with van der Waals surface area (Å²) in [6.45, 7) is 11.0. The molecule has 3 heterocycles. The van der Waals surface area contributed by atoms with E-state index in [2.05, 4.69) is 35.6 Å². The molecule has 1 amide bonds. The molecule has 1 aliphatic heterocycles. The molecule has 3 aromatic rings. The number of phenols is 1. The second-order valence-corrected chi connectivity index (χ2v) is 8.45. The zero-order valence-corrected chi connectivity index (χ0v) is 17.7. The summed E-state index contributed by atoms with van der Waals surface area (Å²) in [6, 6.07) is 3.33. The van der Waals surface area contributed by atoms with E-state index in [1.54, 1.807) is 11.0 Å². The number of amides is 1. The van der Waals surface area contributed by atoms with Crippen molar-refractivity contribution in [1.82, 2.24) is 20.1 Å². The van der Waals surface area contributed by atoms with Crippen LogP contribution in [0.15, 0.2) is 30.9 Å². The van der Waals surface area contributed by atoms with Gasteiger partial charge in [0.15, 0.2) is 17.2 Å². The van der Waals surface area contributed by atoms with Gasteiger partial charge in [0.1, 0.15) is 5.82 Å². The average Bonchev–Trinajstić information content (AvgIpc) is 3.04. The molecule has 162 valence electrons. The van der Waals surface area contributed by atoms with Gasteiger partial charge in [-0.25, -0.2) is 8.78 Å². The topological polar surface area (TPSA) is 82.1 Å². The molecule has 1 unspecified atom stereocenters. The lowest BCUT2D eigenvalue weighted by Crippen LogP contribution is -2.59. The van der Waals surface area contributed by atoms with Crippen LogP contribution in [0.3, 0.4) is 0 Å². The van der Waals surface area contributed by atoms with Crippen LogP contribution in [0.25, 0.3) is 22.3 Å². The molecule has 31 heavy (non-hydrogen) atoms. The maximum Gasteiger partial charge on any atom is 0.245 e. The maximum atomic E-state index is 13.8. The second-order valence-electron chi connectivity index (χ2n) is 8.45. The van der Waals surface area contributed by atoms with Gasteiger partial charge in [0, 0.05) is 47.1 Å². The summed E-state index contributed by atoms with van der Waals surface area (Å²) in [4.78, 5) is 17.0. The van der Waals surface area contributed by atoms with Crippen molar-refractivity contribution in [3.8, 4) is 17.0 Å². The lowest BCUT2D eigenvalue weighted by atomic mass is 9.68. The Morgan fingerprint density at radius 2 is 2.06 bits per heavy atom. The highest BCUT2D eigenvalue weighted by atomic mass is 19.1. The highest BCUT2D eigenvalue weighted by molar-refractivity contribution is 5.88. The van der Waals surface area contributed by atoms with Crippen LogP contribution in [0, 0.1) is 24.0 Å². The Morgan fingerprint density at radius 1 is 1.35 bits per heavy atom. The molecule has 4 rings (SSSR count). The molecule has 2 N–H and O–H groups in total. The lowest BCUT2D eigenvalue weighted by Gasteiger charge is -2.52.